The molecule has 5 nitrogen and oxygen atoms in total. The van der Waals surface area contributed by atoms with E-state index in [4.69, 9.17) is 9.56 Å². The molecular weight excluding hydrogens is 300 g/mol. The van der Waals surface area contributed by atoms with Crippen LogP contribution in [0.3, 0.4) is 0 Å². The van der Waals surface area contributed by atoms with Crippen molar-refractivity contribution in [2.75, 3.05) is 0 Å². The Labute approximate surface area is 128 Å². The molecule has 0 amide bonds. The van der Waals surface area contributed by atoms with Gasteiger partial charge in [-0.05, 0) is 36.8 Å². The van der Waals surface area contributed by atoms with E-state index in [1.807, 2.05) is 24.3 Å². The Morgan fingerprint density at radius 3 is 2.41 bits per heavy atom. The number of hydrogen-bond acceptors (Lipinski definition) is 4. The van der Waals surface area contributed by atoms with Gasteiger partial charge in [-0.15, -0.1) is 0 Å². The molecule has 1 radical (unpaired) electrons. The lowest BCUT2D eigenvalue weighted by molar-refractivity contribution is 0.575. The SMILES string of the molecule is [CH2]c1cccc(-c2nc(-c3ccc(S(N)(=O)=O)cc3)co2)c1. The maximum absolute atomic E-state index is 11.2. The highest BCUT2D eigenvalue weighted by molar-refractivity contribution is 7.89. The first-order valence-electron chi connectivity index (χ1n) is 6.45. The number of nitrogens with zero attached hydrogens (tertiary/aromatic N) is 1. The smallest absolute Gasteiger partial charge is 0.238 e. The lowest BCUT2D eigenvalue weighted by Gasteiger charge is -1.99. The summed E-state index contributed by atoms with van der Waals surface area (Å²) >= 11 is 0. The number of nitrogens with two attached hydrogens (primary N) is 1. The summed E-state index contributed by atoms with van der Waals surface area (Å²) in [6.45, 7) is 3.87. The molecule has 0 spiro atoms. The molecule has 0 saturated heterocycles. The normalized spacial score (nSPS) is 11.5. The topological polar surface area (TPSA) is 86.2 Å². The van der Waals surface area contributed by atoms with Gasteiger partial charge < -0.3 is 4.42 Å². The second kappa shape index (κ2) is 5.40. The Kier molecular flexibility index (Phi) is 3.56. The van der Waals surface area contributed by atoms with Gasteiger partial charge in [0.2, 0.25) is 15.9 Å². The number of rotatable bonds is 3. The van der Waals surface area contributed by atoms with Gasteiger partial charge in [0.05, 0.1) is 4.90 Å². The molecule has 0 aliphatic carbocycles. The van der Waals surface area contributed by atoms with Gasteiger partial charge in [-0.1, -0.05) is 24.3 Å². The maximum Gasteiger partial charge on any atom is 0.238 e. The largest absolute Gasteiger partial charge is 0.444 e. The monoisotopic (exact) mass is 313 g/mol. The molecule has 2 aromatic carbocycles. The number of primary sulfonamides is 1. The quantitative estimate of drug-likeness (QED) is 0.805. The van der Waals surface area contributed by atoms with Gasteiger partial charge in [-0.25, -0.2) is 18.5 Å². The molecule has 0 unspecified atom stereocenters. The zero-order valence-corrected chi connectivity index (χ0v) is 12.4. The molecule has 111 valence electrons. The molecule has 0 saturated carbocycles. The van der Waals surface area contributed by atoms with E-state index >= 15 is 0 Å². The Morgan fingerprint density at radius 2 is 1.77 bits per heavy atom. The Morgan fingerprint density at radius 1 is 1.05 bits per heavy atom. The van der Waals surface area contributed by atoms with Crippen LogP contribution in [-0.4, -0.2) is 13.4 Å². The minimum absolute atomic E-state index is 0.0599. The number of sulfonamides is 1. The van der Waals surface area contributed by atoms with E-state index in [0.29, 0.717) is 11.6 Å². The van der Waals surface area contributed by atoms with E-state index in [2.05, 4.69) is 11.9 Å². The van der Waals surface area contributed by atoms with Crippen LogP contribution in [0.5, 0.6) is 0 Å². The van der Waals surface area contributed by atoms with Gasteiger partial charge in [0, 0.05) is 11.1 Å². The van der Waals surface area contributed by atoms with Crippen molar-refractivity contribution < 1.29 is 12.8 Å². The number of benzene rings is 2. The molecule has 0 aliphatic heterocycles. The first-order valence-corrected chi connectivity index (χ1v) is 7.99. The molecule has 22 heavy (non-hydrogen) atoms. The van der Waals surface area contributed by atoms with Crippen molar-refractivity contribution in [2.45, 2.75) is 4.90 Å². The first kappa shape index (κ1) is 14.5. The number of oxazole rings is 1. The van der Waals surface area contributed by atoms with Crippen molar-refractivity contribution in [3.8, 4) is 22.7 Å². The van der Waals surface area contributed by atoms with E-state index in [1.165, 1.54) is 18.4 Å². The summed E-state index contributed by atoms with van der Waals surface area (Å²) in [5, 5.41) is 5.07. The van der Waals surface area contributed by atoms with Crippen LogP contribution < -0.4 is 5.14 Å². The highest BCUT2D eigenvalue weighted by atomic mass is 32.2. The third-order valence-electron chi connectivity index (χ3n) is 3.16. The lowest BCUT2D eigenvalue weighted by atomic mass is 10.1. The predicted octanol–water partition coefficient (Wildman–Crippen LogP) is 2.84. The Bertz CT molecular complexity index is 913. The van der Waals surface area contributed by atoms with Crippen LogP contribution in [-0.2, 0) is 10.0 Å². The van der Waals surface area contributed by atoms with Crippen molar-refractivity contribution in [1.82, 2.24) is 4.98 Å². The second-order valence-electron chi connectivity index (χ2n) is 4.81. The molecule has 2 N–H and O–H groups in total. The van der Waals surface area contributed by atoms with E-state index in [9.17, 15) is 8.42 Å². The first-order chi connectivity index (χ1) is 10.4. The van der Waals surface area contributed by atoms with E-state index < -0.39 is 10.0 Å². The summed E-state index contributed by atoms with van der Waals surface area (Å²) < 4.78 is 28.0. The van der Waals surface area contributed by atoms with Crippen LogP contribution in [0.4, 0.5) is 0 Å². The molecule has 1 aromatic heterocycles. The summed E-state index contributed by atoms with van der Waals surface area (Å²) in [5.41, 5.74) is 3.06. The van der Waals surface area contributed by atoms with Crippen molar-refractivity contribution in [3.63, 3.8) is 0 Å². The molecular formula is C16H13N2O3S. The lowest BCUT2D eigenvalue weighted by Crippen LogP contribution is -2.11. The Balaban J connectivity index is 1.94. The van der Waals surface area contributed by atoms with Crippen LogP contribution >= 0.6 is 0 Å². The standard InChI is InChI=1S/C16H13N2O3S/c1-11-3-2-4-13(9-11)16-18-15(10-21-16)12-5-7-14(8-6-12)22(17,19)20/h2-10H,1H2,(H2,17,19,20). The predicted molar refractivity (Wildman–Crippen MR) is 83.2 cm³/mol. The van der Waals surface area contributed by atoms with E-state index in [1.54, 1.807) is 12.1 Å². The molecule has 0 aliphatic rings. The highest BCUT2D eigenvalue weighted by Crippen LogP contribution is 2.25. The van der Waals surface area contributed by atoms with Crippen LogP contribution in [0.2, 0.25) is 0 Å². The minimum Gasteiger partial charge on any atom is -0.444 e. The number of aromatic nitrogens is 1. The van der Waals surface area contributed by atoms with Crippen molar-refractivity contribution in [1.29, 1.82) is 0 Å². The fourth-order valence-electron chi connectivity index (χ4n) is 2.06. The zero-order chi connectivity index (χ0) is 15.7. The van der Waals surface area contributed by atoms with Crippen molar-refractivity contribution in [2.24, 2.45) is 5.14 Å². The fourth-order valence-corrected chi connectivity index (χ4v) is 2.57. The highest BCUT2D eigenvalue weighted by Gasteiger charge is 2.11. The van der Waals surface area contributed by atoms with Gasteiger partial charge in [0.1, 0.15) is 12.0 Å². The van der Waals surface area contributed by atoms with Gasteiger partial charge in [0.25, 0.3) is 0 Å². The van der Waals surface area contributed by atoms with E-state index in [0.717, 1.165) is 16.7 Å². The third-order valence-corrected chi connectivity index (χ3v) is 4.09. The fraction of sp³-hybridized carbons (Fsp3) is 0. The molecule has 3 aromatic rings. The maximum atomic E-state index is 11.2. The summed E-state index contributed by atoms with van der Waals surface area (Å²) in [6.07, 6.45) is 1.52. The van der Waals surface area contributed by atoms with Crippen LogP contribution in [0.15, 0.2) is 64.1 Å². The molecule has 1 heterocycles. The second-order valence-corrected chi connectivity index (χ2v) is 6.37. The van der Waals surface area contributed by atoms with Crippen LogP contribution in [0.1, 0.15) is 5.56 Å². The zero-order valence-electron chi connectivity index (χ0n) is 11.6. The van der Waals surface area contributed by atoms with Crippen LogP contribution in [0.25, 0.3) is 22.7 Å². The summed E-state index contributed by atoms with van der Waals surface area (Å²) in [6, 6.07) is 13.7. The molecule has 3 rings (SSSR count). The van der Waals surface area contributed by atoms with Crippen LogP contribution in [0, 0.1) is 6.92 Å². The average molecular weight is 313 g/mol. The van der Waals surface area contributed by atoms with E-state index in [-0.39, 0.29) is 4.90 Å². The summed E-state index contributed by atoms with van der Waals surface area (Å²) in [5.74, 6) is 0.482. The van der Waals surface area contributed by atoms with Gasteiger partial charge in [-0.3, -0.25) is 0 Å². The minimum atomic E-state index is -3.70. The summed E-state index contributed by atoms with van der Waals surface area (Å²) in [7, 11) is -3.70. The molecule has 0 bridgehead atoms. The molecule has 0 fully saturated rings. The van der Waals surface area contributed by atoms with Gasteiger partial charge >= 0.3 is 0 Å². The van der Waals surface area contributed by atoms with Crippen molar-refractivity contribution in [3.05, 3.63) is 67.3 Å². The molecule has 0 atom stereocenters. The molecule has 6 heteroatoms. The van der Waals surface area contributed by atoms with Gasteiger partial charge in [-0.2, -0.15) is 0 Å². The van der Waals surface area contributed by atoms with Gasteiger partial charge in [0.15, 0.2) is 0 Å². The van der Waals surface area contributed by atoms with Crippen molar-refractivity contribution >= 4 is 10.0 Å². The average Bonchev–Trinajstić information content (AvgIpc) is 2.96. The Hall–Kier alpha value is -2.44. The summed E-state index contributed by atoms with van der Waals surface area (Å²) in [4.78, 5) is 4.47. The number of hydrogen-bond donors (Lipinski definition) is 1. The third kappa shape index (κ3) is 2.93.